The van der Waals surface area contributed by atoms with Crippen molar-refractivity contribution in [3.05, 3.63) is 56.6 Å². The van der Waals surface area contributed by atoms with Gasteiger partial charge in [-0.3, -0.25) is 0 Å². The molecule has 3 aromatic rings. The van der Waals surface area contributed by atoms with Crippen LogP contribution in [0, 0.1) is 0 Å². The van der Waals surface area contributed by atoms with Gasteiger partial charge in [-0.15, -0.1) is 0 Å². The number of nitrogens with zero attached hydrogens (tertiary/aromatic N) is 2. The predicted molar refractivity (Wildman–Crippen MR) is 81.1 cm³/mol. The molecule has 19 heavy (non-hydrogen) atoms. The zero-order valence-electron chi connectivity index (χ0n) is 9.37. The van der Waals surface area contributed by atoms with Crippen molar-refractivity contribution in [3.8, 4) is 5.69 Å². The maximum atomic E-state index is 6.32. The van der Waals surface area contributed by atoms with Crippen molar-refractivity contribution >= 4 is 57.3 Å². The van der Waals surface area contributed by atoms with Gasteiger partial charge in [-0.25, -0.2) is 4.68 Å². The lowest BCUT2D eigenvalue weighted by Crippen LogP contribution is -1.97. The standard InChI is InChI=1S/C13H6Cl4N2/c14-7-2-4-12(10(16)5-7)19-13(17)9-3-1-8(15)6-11(9)18-19/h1-6H. The van der Waals surface area contributed by atoms with Crippen molar-refractivity contribution in [3.63, 3.8) is 0 Å². The molecular weight excluding hydrogens is 326 g/mol. The van der Waals surface area contributed by atoms with E-state index in [1.165, 1.54) is 0 Å². The van der Waals surface area contributed by atoms with E-state index in [4.69, 9.17) is 46.4 Å². The van der Waals surface area contributed by atoms with E-state index in [2.05, 4.69) is 5.10 Å². The van der Waals surface area contributed by atoms with Crippen molar-refractivity contribution < 1.29 is 0 Å². The van der Waals surface area contributed by atoms with Crippen molar-refractivity contribution in [1.29, 1.82) is 0 Å². The first-order valence-electron chi connectivity index (χ1n) is 5.35. The van der Waals surface area contributed by atoms with Crippen LogP contribution in [-0.2, 0) is 0 Å². The van der Waals surface area contributed by atoms with Crippen molar-refractivity contribution in [2.24, 2.45) is 0 Å². The highest BCUT2D eigenvalue weighted by molar-refractivity contribution is 6.37. The summed E-state index contributed by atoms with van der Waals surface area (Å²) in [5.41, 5.74) is 1.38. The molecule has 0 amide bonds. The molecule has 96 valence electrons. The van der Waals surface area contributed by atoms with Gasteiger partial charge in [-0.2, -0.15) is 5.10 Å². The largest absolute Gasteiger partial charge is 0.219 e. The van der Waals surface area contributed by atoms with Crippen LogP contribution in [0.5, 0.6) is 0 Å². The van der Waals surface area contributed by atoms with Crippen LogP contribution in [0.3, 0.4) is 0 Å². The number of hydrogen-bond donors (Lipinski definition) is 0. The van der Waals surface area contributed by atoms with E-state index in [1.54, 1.807) is 35.0 Å². The highest BCUT2D eigenvalue weighted by Gasteiger charge is 2.13. The molecule has 0 spiro atoms. The Kier molecular flexibility index (Phi) is 3.35. The average Bonchev–Trinajstić information content (AvgIpc) is 2.66. The highest BCUT2D eigenvalue weighted by Crippen LogP contribution is 2.31. The minimum Gasteiger partial charge on any atom is -0.219 e. The van der Waals surface area contributed by atoms with Crippen LogP contribution in [0.2, 0.25) is 20.2 Å². The second-order valence-corrected chi connectivity index (χ2v) is 5.60. The van der Waals surface area contributed by atoms with E-state index < -0.39 is 0 Å². The Morgan fingerprint density at radius 3 is 2.26 bits per heavy atom. The Hall–Kier alpha value is -0.930. The maximum Gasteiger partial charge on any atom is 0.140 e. The lowest BCUT2D eigenvalue weighted by Gasteiger charge is -2.05. The van der Waals surface area contributed by atoms with Crippen LogP contribution in [-0.4, -0.2) is 9.78 Å². The third-order valence-corrected chi connectivity index (χ3v) is 3.85. The SMILES string of the molecule is Clc1ccc(-n2nc3cc(Cl)ccc3c2Cl)c(Cl)c1. The fraction of sp³-hybridized carbons (Fsp3) is 0. The summed E-state index contributed by atoms with van der Waals surface area (Å²) in [6, 6.07) is 10.5. The zero-order chi connectivity index (χ0) is 13.6. The second-order valence-electron chi connectivity index (χ2n) is 3.96. The lowest BCUT2D eigenvalue weighted by molar-refractivity contribution is 0.897. The van der Waals surface area contributed by atoms with Crippen molar-refractivity contribution in [1.82, 2.24) is 9.78 Å². The third-order valence-electron chi connectivity index (χ3n) is 2.71. The van der Waals surface area contributed by atoms with Crippen LogP contribution in [0.25, 0.3) is 16.6 Å². The second kappa shape index (κ2) is 4.88. The molecule has 0 aliphatic rings. The van der Waals surface area contributed by atoms with Crippen LogP contribution >= 0.6 is 46.4 Å². The Morgan fingerprint density at radius 2 is 1.53 bits per heavy atom. The Labute approximate surface area is 129 Å². The first-order valence-corrected chi connectivity index (χ1v) is 6.86. The number of fused-ring (bicyclic) bond motifs is 1. The van der Waals surface area contributed by atoms with Crippen LogP contribution in [0.4, 0.5) is 0 Å². The molecule has 1 aromatic heterocycles. The van der Waals surface area contributed by atoms with Gasteiger partial charge in [0.05, 0.1) is 16.2 Å². The summed E-state index contributed by atoms with van der Waals surface area (Å²) in [5.74, 6) is 0. The average molecular weight is 332 g/mol. The van der Waals surface area contributed by atoms with Crippen LogP contribution in [0.1, 0.15) is 0 Å². The van der Waals surface area contributed by atoms with E-state index in [9.17, 15) is 0 Å². The summed E-state index contributed by atoms with van der Waals surface area (Å²) in [7, 11) is 0. The molecule has 0 unspecified atom stereocenters. The van der Waals surface area contributed by atoms with Gasteiger partial charge in [0.2, 0.25) is 0 Å². The van der Waals surface area contributed by atoms with Crippen molar-refractivity contribution in [2.45, 2.75) is 0 Å². The molecule has 0 atom stereocenters. The fourth-order valence-corrected chi connectivity index (χ4v) is 2.78. The van der Waals surface area contributed by atoms with E-state index >= 15 is 0 Å². The molecule has 1 heterocycles. The molecule has 2 nitrogen and oxygen atoms in total. The van der Waals surface area contributed by atoms with Gasteiger partial charge < -0.3 is 0 Å². The number of benzene rings is 2. The van der Waals surface area contributed by atoms with Gasteiger partial charge in [0.15, 0.2) is 0 Å². The van der Waals surface area contributed by atoms with Crippen LogP contribution in [0.15, 0.2) is 36.4 Å². The normalized spacial score (nSPS) is 11.2. The van der Waals surface area contributed by atoms with E-state index in [-0.39, 0.29) is 0 Å². The maximum absolute atomic E-state index is 6.32. The van der Waals surface area contributed by atoms with Gasteiger partial charge in [-0.05, 0) is 36.4 Å². The van der Waals surface area contributed by atoms with E-state index in [1.807, 2.05) is 6.07 Å². The summed E-state index contributed by atoms with van der Waals surface area (Å²) in [4.78, 5) is 0. The summed E-state index contributed by atoms with van der Waals surface area (Å²) in [5, 5.41) is 7.35. The molecule has 0 N–H and O–H groups in total. The topological polar surface area (TPSA) is 17.8 Å². The fourth-order valence-electron chi connectivity index (χ4n) is 1.84. The van der Waals surface area contributed by atoms with E-state index in [0.29, 0.717) is 31.4 Å². The third kappa shape index (κ3) is 2.30. The van der Waals surface area contributed by atoms with E-state index in [0.717, 1.165) is 5.39 Å². The molecule has 0 radical (unpaired) electrons. The lowest BCUT2D eigenvalue weighted by atomic mass is 10.2. The minimum absolute atomic E-state index is 0.480. The smallest absolute Gasteiger partial charge is 0.140 e. The molecule has 0 fully saturated rings. The molecule has 0 saturated carbocycles. The summed E-state index contributed by atoms with van der Waals surface area (Å²) in [6.45, 7) is 0. The molecular formula is C13H6Cl4N2. The zero-order valence-corrected chi connectivity index (χ0v) is 12.4. The number of halogens is 4. The quantitative estimate of drug-likeness (QED) is 0.564. The minimum atomic E-state index is 0.480. The highest BCUT2D eigenvalue weighted by atomic mass is 35.5. The molecule has 0 saturated heterocycles. The van der Waals surface area contributed by atoms with Gasteiger partial charge in [-0.1, -0.05) is 46.4 Å². The predicted octanol–water partition coefficient (Wildman–Crippen LogP) is 5.64. The van der Waals surface area contributed by atoms with Crippen molar-refractivity contribution in [2.75, 3.05) is 0 Å². The van der Waals surface area contributed by atoms with Gasteiger partial charge in [0.1, 0.15) is 5.15 Å². The summed E-state index contributed by atoms with van der Waals surface area (Å²) in [6.07, 6.45) is 0. The Bertz CT molecular complexity index is 780. The molecule has 0 aliphatic carbocycles. The number of aromatic nitrogens is 2. The molecule has 2 aromatic carbocycles. The number of hydrogen-bond acceptors (Lipinski definition) is 1. The first kappa shape index (κ1) is 13.1. The van der Waals surface area contributed by atoms with Gasteiger partial charge in [0.25, 0.3) is 0 Å². The van der Waals surface area contributed by atoms with Crippen LogP contribution < -0.4 is 0 Å². The molecule has 0 bridgehead atoms. The number of rotatable bonds is 1. The Morgan fingerprint density at radius 1 is 0.842 bits per heavy atom. The van der Waals surface area contributed by atoms with Gasteiger partial charge in [0, 0.05) is 15.4 Å². The molecule has 3 rings (SSSR count). The first-order chi connectivity index (χ1) is 9.06. The summed E-state index contributed by atoms with van der Waals surface area (Å²) >= 11 is 24.3. The monoisotopic (exact) mass is 330 g/mol. The summed E-state index contributed by atoms with van der Waals surface area (Å²) < 4.78 is 1.57. The Balaban J connectivity index is 2.27. The van der Waals surface area contributed by atoms with Gasteiger partial charge >= 0.3 is 0 Å². The molecule has 0 aliphatic heterocycles. The molecule has 6 heteroatoms.